The van der Waals surface area contributed by atoms with E-state index in [0.29, 0.717) is 22.2 Å². The van der Waals surface area contributed by atoms with Crippen LogP contribution in [0.1, 0.15) is 25.8 Å². The first-order valence-corrected chi connectivity index (χ1v) is 13.2. The van der Waals surface area contributed by atoms with Crippen molar-refractivity contribution >= 4 is 50.7 Å². The molecule has 0 aliphatic rings. The van der Waals surface area contributed by atoms with Crippen LogP contribution in [0.4, 0.5) is 5.69 Å². The molecular weight excluding hydrogens is 501 g/mol. The van der Waals surface area contributed by atoms with Gasteiger partial charge in [0.2, 0.25) is 21.8 Å². The number of methoxy groups -OCH3 is 1. The van der Waals surface area contributed by atoms with E-state index in [4.69, 9.17) is 27.9 Å². The molecule has 186 valence electrons. The highest BCUT2D eigenvalue weighted by Crippen LogP contribution is 2.30. The third-order valence-corrected chi connectivity index (χ3v) is 6.97. The van der Waals surface area contributed by atoms with Crippen molar-refractivity contribution in [3.63, 3.8) is 0 Å². The van der Waals surface area contributed by atoms with Crippen molar-refractivity contribution in [2.75, 3.05) is 30.8 Å². The summed E-state index contributed by atoms with van der Waals surface area (Å²) in [5.41, 5.74) is 0.664. The first kappa shape index (κ1) is 27.8. The monoisotopic (exact) mass is 529 g/mol. The normalized spacial score (nSPS) is 12.1. The van der Waals surface area contributed by atoms with Crippen LogP contribution in [-0.4, -0.2) is 57.6 Å². The number of hydrogen-bond acceptors (Lipinski definition) is 5. The molecule has 0 aliphatic heterocycles. The van der Waals surface area contributed by atoms with Gasteiger partial charge in [-0.1, -0.05) is 48.3 Å². The van der Waals surface area contributed by atoms with Gasteiger partial charge in [-0.2, -0.15) is 0 Å². The Morgan fingerprint density at radius 3 is 2.26 bits per heavy atom. The van der Waals surface area contributed by atoms with E-state index >= 15 is 0 Å². The fraction of sp³-hybridized carbons (Fsp3) is 0.391. The van der Waals surface area contributed by atoms with Crippen molar-refractivity contribution in [2.24, 2.45) is 0 Å². The maximum atomic E-state index is 13.5. The van der Waals surface area contributed by atoms with Crippen LogP contribution in [0.25, 0.3) is 0 Å². The molecule has 0 bridgehead atoms. The van der Waals surface area contributed by atoms with Crippen LogP contribution in [0.3, 0.4) is 0 Å². The fourth-order valence-corrected chi connectivity index (χ4v) is 4.63. The first-order valence-electron chi connectivity index (χ1n) is 10.6. The lowest BCUT2D eigenvalue weighted by atomic mass is 10.1. The molecule has 0 unspecified atom stereocenters. The van der Waals surface area contributed by atoms with Crippen LogP contribution < -0.4 is 14.4 Å². The zero-order valence-corrected chi connectivity index (χ0v) is 21.9. The molecule has 0 saturated heterocycles. The summed E-state index contributed by atoms with van der Waals surface area (Å²) in [6, 6.07) is 10.5. The van der Waals surface area contributed by atoms with E-state index in [-0.39, 0.29) is 23.9 Å². The largest absolute Gasteiger partial charge is 0.495 e. The Balaban J connectivity index is 2.47. The lowest BCUT2D eigenvalue weighted by molar-refractivity contribution is -0.139. The van der Waals surface area contributed by atoms with Crippen molar-refractivity contribution < 1.29 is 22.7 Å². The van der Waals surface area contributed by atoms with Crippen molar-refractivity contribution in [2.45, 2.75) is 32.9 Å². The molecule has 2 rings (SSSR count). The molecule has 2 aromatic carbocycles. The maximum absolute atomic E-state index is 13.5. The highest BCUT2D eigenvalue weighted by Gasteiger charge is 2.31. The number of carbonyl (C=O) groups excluding carboxylic acids is 2. The molecule has 8 nitrogen and oxygen atoms in total. The first-order chi connectivity index (χ1) is 16.0. The molecule has 34 heavy (non-hydrogen) atoms. The minimum atomic E-state index is -3.88. The number of para-hydroxylation sites is 2. The number of rotatable bonds is 11. The van der Waals surface area contributed by atoms with Crippen LogP contribution >= 0.6 is 23.2 Å². The smallest absolute Gasteiger partial charge is 0.244 e. The van der Waals surface area contributed by atoms with Gasteiger partial charge in [0, 0.05) is 28.7 Å². The number of nitrogens with zero attached hydrogens (tertiary/aromatic N) is 2. The summed E-state index contributed by atoms with van der Waals surface area (Å²) in [5, 5.41) is 3.42. The average Bonchev–Trinajstić information content (AvgIpc) is 2.79. The molecular formula is C23H29Cl2N3O5S. The minimum absolute atomic E-state index is 0.0818. The number of benzene rings is 2. The molecule has 0 aromatic heterocycles. The zero-order valence-electron chi connectivity index (χ0n) is 19.5. The second-order valence-electron chi connectivity index (χ2n) is 7.63. The van der Waals surface area contributed by atoms with Crippen molar-refractivity contribution in [1.29, 1.82) is 0 Å². The zero-order chi connectivity index (χ0) is 25.5. The van der Waals surface area contributed by atoms with E-state index in [1.165, 1.54) is 12.0 Å². The van der Waals surface area contributed by atoms with Crippen LogP contribution in [0, 0.1) is 0 Å². The average molecular weight is 530 g/mol. The lowest BCUT2D eigenvalue weighted by Crippen LogP contribution is -2.51. The number of ether oxygens (including phenoxy) is 1. The van der Waals surface area contributed by atoms with Crippen LogP contribution in [0.15, 0.2) is 42.5 Å². The van der Waals surface area contributed by atoms with Gasteiger partial charge in [-0.25, -0.2) is 8.42 Å². The Bertz CT molecular complexity index is 1110. The van der Waals surface area contributed by atoms with Gasteiger partial charge in [-0.15, -0.1) is 0 Å². The summed E-state index contributed by atoms with van der Waals surface area (Å²) in [4.78, 5) is 27.5. The van der Waals surface area contributed by atoms with Crippen LogP contribution in [0.2, 0.25) is 10.0 Å². The van der Waals surface area contributed by atoms with Crippen molar-refractivity contribution in [3.05, 3.63) is 58.1 Å². The van der Waals surface area contributed by atoms with Gasteiger partial charge in [0.15, 0.2) is 0 Å². The summed E-state index contributed by atoms with van der Waals surface area (Å²) in [6.45, 7) is 3.29. The summed E-state index contributed by atoms with van der Waals surface area (Å²) in [5.74, 6) is -0.691. The molecule has 0 fully saturated rings. The van der Waals surface area contributed by atoms with Crippen LogP contribution in [0.5, 0.6) is 5.75 Å². The Morgan fingerprint density at radius 2 is 1.71 bits per heavy atom. The molecule has 0 saturated carbocycles. The molecule has 0 spiro atoms. The van der Waals surface area contributed by atoms with E-state index in [0.717, 1.165) is 17.0 Å². The number of amides is 2. The number of halogens is 2. The molecule has 0 radical (unpaired) electrons. The second kappa shape index (κ2) is 12.3. The van der Waals surface area contributed by atoms with Crippen LogP contribution in [-0.2, 0) is 26.2 Å². The topological polar surface area (TPSA) is 96.0 Å². The van der Waals surface area contributed by atoms with Crippen molar-refractivity contribution in [1.82, 2.24) is 10.2 Å². The predicted octanol–water partition coefficient (Wildman–Crippen LogP) is 3.71. The van der Waals surface area contributed by atoms with E-state index in [1.807, 2.05) is 6.92 Å². The number of sulfonamides is 1. The van der Waals surface area contributed by atoms with Gasteiger partial charge in [0.05, 0.1) is 19.1 Å². The fourth-order valence-electron chi connectivity index (χ4n) is 3.26. The van der Waals surface area contributed by atoms with Gasteiger partial charge in [0.1, 0.15) is 18.3 Å². The Kier molecular flexibility index (Phi) is 10.0. The molecule has 11 heteroatoms. The lowest BCUT2D eigenvalue weighted by Gasteiger charge is -2.32. The standard InChI is InChI=1S/C23H29Cl2N3O5S/c1-5-13-26-23(30)16(2)27(14-17-18(24)9-8-10-19(17)25)22(29)15-28(34(4,31)32)20-11-6-7-12-21(20)33-3/h6-12,16H,5,13-15H2,1-4H3,(H,26,30)/t16-/m1/s1. The third-order valence-electron chi connectivity index (χ3n) is 5.14. The molecule has 0 aliphatic carbocycles. The number of nitrogens with one attached hydrogen (secondary N) is 1. The number of carbonyl (C=O) groups is 2. The maximum Gasteiger partial charge on any atom is 0.244 e. The Labute approximate surface area is 210 Å². The van der Waals surface area contributed by atoms with Gasteiger partial charge in [-0.05, 0) is 37.6 Å². The van der Waals surface area contributed by atoms with Gasteiger partial charge >= 0.3 is 0 Å². The number of anilines is 1. The highest BCUT2D eigenvalue weighted by molar-refractivity contribution is 7.92. The molecule has 1 N–H and O–H groups in total. The van der Waals surface area contributed by atoms with Gasteiger partial charge in [0.25, 0.3) is 0 Å². The molecule has 1 atom stereocenters. The van der Waals surface area contributed by atoms with E-state index in [1.54, 1.807) is 49.4 Å². The molecule has 2 aromatic rings. The quantitative estimate of drug-likeness (QED) is 0.478. The van der Waals surface area contributed by atoms with Crippen molar-refractivity contribution in [3.8, 4) is 5.75 Å². The third kappa shape index (κ3) is 7.01. The summed E-state index contributed by atoms with van der Waals surface area (Å²) < 4.78 is 31.5. The summed E-state index contributed by atoms with van der Waals surface area (Å²) in [7, 11) is -2.47. The Hall–Kier alpha value is -2.49. The molecule has 2 amide bonds. The predicted molar refractivity (Wildman–Crippen MR) is 135 cm³/mol. The summed E-state index contributed by atoms with van der Waals surface area (Å²) in [6.07, 6.45) is 1.72. The minimum Gasteiger partial charge on any atom is -0.495 e. The second-order valence-corrected chi connectivity index (χ2v) is 10.4. The SMILES string of the molecule is CCCNC(=O)[C@@H](C)N(Cc1c(Cl)cccc1Cl)C(=O)CN(c1ccccc1OC)S(C)(=O)=O. The number of hydrogen-bond donors (Lipinski definition) is 1. The van der Waals surface area contributed by atoms with Gasteiger partial charge < -0.3 is 15.0 Å². The Morgan fingerprint density at radius 1 is 1.09 bits per heavy atom. The molecule has 0 heterocycles. The van der Waals surface area contributed by atoms with E-state index < -0.39 is 28.5 Å². The van der Waals surface area contributed by atoms with Gasteiger partial charge in [-0.3, -0.25) is 13.9 Å². The highest BCUT2D eigenvalue weighted by atomic mass is 35.5. The van der Waals surface area contributed by atoms with E-state index in [2.05, 4.69) is 5.32 Å². The van der Waals surface area contributed by atoms with E-state index in [9.17, 15) is 18.0 Å². The summed E-state index contributed by atoms with van der Waals surface area (Å²) >= 11 is 12.6.